The maximum atomic E-state index is 14.4. The van der Waals surface area contributed by atoms with Crippen LogP contribution in [0.25, 0.3) is 0 Å². The summed E-state index contributed by atoms with van der Waals surface area (Å²) in [6.07, 6.45) is 5.46. The van der Waals surface area contributed by atoms with Gasteiger partial charge < -0.3 is 5.32 Å². The van der Waals surface area contributed by atoms with Crippen molar-refractivity contribution in [2.75, 3.05) is 5.32 Å². The molecule has 22 heavy (non-hydrogen) atoms. The van der Waals surface area contributed by atoms with Gasteiger partial charge in [-0.3, -0.25) is 0 Å². The number of halogens is 3. The maximum absolute atomic E-state index is 14.4. The average Bonchev–Trinajstić information content (AvgIpc) is 2.96. The van der Waals surface area contributed by atoms with E-state index in [-0.39, 0.29) is 17.8 Å². The summed E-state index contributed by atoms with van der Waals surface area (Å²) in [6.45, 7) is 0. The first-order valence-corrected chi connectivity index (χ1v) is 8.89. The highest BCUT2D eigenvalue weighted by Gasteiger charge is 2.39. The predicted molar refractivity (Wildman–Crippen MR) is 94.6 cm³/mol. The van der Waals surface area contributed by atoms with Gasteiger partial charge in [0.15, 0.2) is 0 Å². The molecule has 112 valence electrons. The summed E-state index contributed by atoms with van der Waals surface area (Å²) < 4.78 is 16.3. The summed E-state index contributed by atoms with van der Waals surface area (Å²) >= 11 is 6.94. The highest BCUT2D eigenvalue weighted by atomic mass is 79.9. The summed E-state index contributed by atoms with van der Waals surface area (Å²) in [5.74, 6) is 0.505. The Labute approximate surface area is 145 Å². The zero-order valence-electron chi connectivity index (χ0n) is 11.7. The molecule has 1 aliphatic heterocycles. The van der Waals surface area contributed by atoms with Crippen LogP contribution >= 0.6 is 31.9 Å². The summed E-state index contributed by atoms with van der Waals surface area (Å²) in [4.78, 5) is 0. The summed E-state index contributed by atoms with van der Waals surface area (Å²) in [5.41, 5.74) is 2.89. The Balaban J connectivity index is 1.84. The first-order valence-electron chi connectivity index (χ1n) is 7.31. The molecule has 0 radical (unpaired) electrons. The summed E-state index contributed by atoms with van der Waals surface area (Å²) in [5, 5.41) is 3.45. The molecule has 0 bridgehead atoms. The SMILES string of the molecule is Fc1cc(Br)cc2c1N[C@H](c1cccc(Br)c1)[C@H]1CC=C[C@H]21. The van der Waals surface area contributed by atoms with Gasteiger partial charge in [0.05, 0.1) is 11.7 Å². The minimum atomic E-state index is -0.192. The van der Waals surface area contributed by atoms with Crippen LogP contribution in [0.1, 0.15) is 29.5 Å². The van der Waals surface area contributed by atoms with Gasteiger partial charge in [-0.25, -0.2) is 4.39 Å². The van der Waals surface area contributed by atoms with E-state index in [9.17, 15) is 4.39 Å². The Kier molecular flexibility index (Phi) is 3.61. The van der Waals surface area contributed by atoms with E-state index in [1.54, 1.807) is 0 Å². The number of fused-ring (bicyclic) bond motifs is 3. The first-order chi connectivity index (χ1) is 10.6. The van der Waals surface area contributed by atoms with Crippen LogP contribution in [0, 0.1) is 11.7 Å². The van der Waals surface area contributed by atoms with Gasteiger partial charge >= 0.3 is 0 Å². The van der Waals surface area contributed by atoms with E-state index in [1.807, 2.05) is 18.2 Å². The van der Waals surface area contributed by atoms with Gasteiger partial charge in [-0.15, -0.1) is 0 Å². The second-order valence-corrected chi connectivity index (χ2v) is 7.71. The molecule has 0 spiro atoms. The molecule has 3 atom stereocenters. The molecule has 4 rings (SSSR count). The van der Waals surface area contributed by atoms with E-state index in [0.717, 1.165) is 20.9 Å². The average molecular weight is 423 g/mol. The molecule has 2 aliphatic rings. The predicted octanol–water partition coefficient (Wildman–Crippen LogP) is 6.18. The van der Waals surface area contributed by atoms with Crippen LogP contribution in [0.15, 0.2) is 57.5 Å². The standard InChI is InChI=1S/C18H14Br2FN/c19-11-4-1-3-10(7-11)17-14-6-2-5-13(14)15-8-12(20)9-16(21)18(15)22-17/h1-5,7-9,13-14,17,22H,6H2/t13-,14-,17+/m0/s1. The largest absolute Gasteiger partial charge is 0.375 e. The van der Waals surface area contributed by atoms with Gasteiger partial charge in [-0.05, 0) is 47.7 Å². The number of benzene rings is 2. The van der Waals surface area contributed by atoms with Gasteiger partial charge in [-0.1, -0.05) is 56.1 Å². The van der Waals surface area contributed by atoms with Crippen molar-refractivity contribution < 1.29 is 4.39 Å². The topological polar surface area (TPSA) is 12.0 Å². The number of allylic oxidation sites excluding steroid dienone is 2. The van der Waals surface area contributed by atoms with Crippen molar-refractivity contribution in [3.8, 4) is 0 Å². The quantitative estimate of drug-likeness (QED) is 0.541. The van der Waals surface area contributed by atoms with Gasteiger partial charge in [0, 0.05) is 14.9 Å². The van der Waals surface area contributed by atoms with Crippen LogP contribution in [0.2, 0.25) is 0 Å². The molecular formula is C18H14Br2FN. The number of anilines is 1. The zero-order chi connectivity index (χ0) is 15.3. The summed E-state index contributed by atoms with van der Waals surface area (Å²) in [6, 6.07) is 12.0. The highest BCUT2D eigenvalue weighted by Crippen LogP contribution is 2.51. The lowest BCUT2D eigenvalue weighted by Gasteiger charge is -2.37. The monoisotopic (exact) mass is 421 g/mol. The van der Waals surface area contributed by atoms with E-state index >= 15 is 0 Å². The van der Waals surface area contributed by atoms with Crippen LogP contribution < -0.4 is 5.32 Å². The lowest BCUT2D eigenvalue weighted by Crippen LogP contribution is -2.29. The summed E-state index contributed by atoms with van der Waals surface area (Å²) in [7, 11) is 0. The molecule has 2 aromatic carbocycles. The normalized spacial score (nSPS) is 25.5. The fourth-order valence-corrected chi connectivity index (χ4v) is 4.52. The lowest BCUT2D eigenvalue weighted by atomic mass is 9.77. The lowest BCUT2D eigenvalue weighted by molar-refractivity contribution is 0.420. The van der Waals surface area contributed by atoms with Gasteiger partial charge in [0.2, 0.25) is 0 Å². The molecule has 4 heteroatoms. The number of hydrogen-bond acceptors (Lipinski definition) is 1. The molecule has 1 nitrogen and oxygen atoms in total. The van der Waals surface area contributed by atoms with Crippen LogP contribution in [-0.4, -0.2) is 0 Å². The van der Waals surface area contributed by atoms with Gasteiger partial charge in [0.1, 0.15) is 5.82 Å². The van der Waals surface area contributed by atoms with Crippen molar-refractivity contribution in [1.82, 2.24) is 0 Å². The maximum Gasteiger partial charge on any atom is 0.147 e. The van der Waals surface area contributed by atoms with E-state index in [1.165, 1.54) is 11.6 Å². The van der Waals surface area contributed by atoms with Crippen LogP contribution in [0.5, 0.6) is 0 Å². The Hall–Kier alpha value is -1.13. The molecule has 0 saturated carbocycles. The van der Waals surface area contributed by atoms with E-state index < -0.39 is 0 Å². The van der Waals surface area contributed by atoms with E-state index in [2.05, 4.69) is 61.5 Å². The third-order valence-electron chi connectivity index (χ3n) is 4.59. The molecular weight excluding hydrogens is 409 g/mol. The van der Waals surface area contributed by atoms with Crippen molar-refractivity contribution in [3.63, 3.8) is 0 Å². The minimum absolute atomic E-state index is 0.126. The number of hydrogen-bond donors (Lipinski definition) is 1. The third kappa shape index (κ3) is 2.33. The molecule has 0 aromatic heterocycles. The molecule has 0 unspecified atom stereocenters. The number of nitrogens with one attached hydrogen (secondary N) is 1. The molecule has 1 heterocycles. The molecule has 0 saturated heterocycles. The Morgan fingerprint density at radius 1 is 1.09 bits per heavy atom. The van der Waals surface area contributed by atoms with E-state index in [0.29, 0.717) is 11.6 Å². The van der Waals surface area contributed by atoms with Crippen LogP contribution in [0.4, 0.5) is 10.1 Å². The van der Waals surface area contributed by atoms with Crippen molar-refractivity contribution in [3.05, 3.63) is 74.4 Å². The van der Waals surface area contributed by atoms with Crippen molar-refractivity contribution in [2.45, 2.75) is 18.4 Å². The van der Waals surface area contributed by atoms with E-state index in [4.69, 9.17) is 0 Å². The van der Waals surface area contributed by atoms with Crippen molar-refractivity contribution >= 4 is 37.5 Å². The molecule has 0 amide bonds. The Morgan fingerprint density at radius 3 is 2.77 bits per heavy atom. The molecule has 1 N–H and O–H groups in total. The highest BCUT2D eigenvalue weighted by molar-refractivity contribution is 9.10. The van der Waals surface area contributed by atoms with Gasteiger partial charge in [0.25, 0.3) is 0 Å². The number of rotatable bonds is 1. The van der Waals surface area contributed by atoms with Crippen molar-refractivity contribution in [2.24, 2.45) is 5.92 Å². The fourth-order valence-electron chi connectivity index (χ4n) is 3.65. The zero-order valence-corrected chi connectivity index (χ0v) is 14.9. The van der Waals surface area contributed by atoms with Crippen LogP contribution in [0.3, 0.4) is 0 Å². The second-order valence-electron chi connectivity index (χ2n) is 5.88. The van der Waals surface area contributed by atoms with Crippen molar-refractivity contribution in [1.29, 1.82) is 0 Å². The second kappa shape index (κ2) is 5.50. The molecule has 2 aromatic rings. The third-order valence-corrected chi connectivity index (χ3v) is 5.54. The Bertz CT molecular complexity index is 772. The Morgan fingerprint density at radius 2 is 1.95 bits per heavy atom. The van der Waals surface area contributed by atoms with Gasteiger partial charge in [-0.2, -0.15) is 0 Å². The minimum Gasteiger partial charge on any atom is -0.375 e. The van der Waals surface area contributed by atoms with Crippen LogP contribution in [-0.2, 0) is 0 Å². The first kappa shape index (κ1) is 14.5. The molecule has 1 aliphatic carbocycles. The fraction of sp³-hybridized carbons (Fsp3) is 0.222. The smallest absolute Gasteiger partial charge is 0.147 e. The molecule has 0 fully saturated rings.